The molecule has 0 unspecified atom stereocenters. The van der Waals surface area contributed by atoms with Gasteiger partial charge in [-0.1, -0.05) is 13.8 Å². The van der Waals surface area contributed by atoms with E-state index in [0.717, 1.165) is 26.1 Å². The Kier molecular flexibility index (Phi) is 8.92. The number of carbonyl (C=O) groups is 1. The van der Waals surface area contributed by atoms with Gasteiger partial charge >= 0.3 is 0 Å². The van der Waals surface area contributed by atoms with Crippen LogP contribution in [-0.4, -0.2) is 58.3 Å². The number of methoxy groups -OCH3 is 3. The van der Waals surface area contributed by atoms with Gasteiger partial charge in [0.05, 0.1) is 31.4 Å². The van der Waals surface area contributed by atoms with Gasteiger partial charge < -0.3 is 24.4 Å². The van der Waals surface area contributed by atoms with Crippen molar-refractivity contribution in [1.82, 2.24) is 10.2 Å². The zero-order valence-electron chi connectivity index (χ0n) is 15.1. The third kappa shape index (κ3) is 5.01. The second-order valence-corrected chi connectivity index (χ2v) is 5.94. The molecule has 0 aliphatic rings. The van der Waals surface area contributed by atoms with E-state index >= 15 is 0 Å². The summed E-state index contributed by atoms with van der Waals surface area (Å²) >= 11 is 3.42. The molecule has 0 spiro atoms. The second kappa shape index (κ2) is 10.4. The van der Waals surface area contributed by atoms with Crippen molar-refractivity contribution in [3.8, 4) is 17.2 Å². The largest absolute Gasteiger partial charge is 0.493 e. The lowest BCUT2D eigenvalue weighted by molar-refractivity contribution is 0.0950. The first-order chi connectivity index (χ1) is 11.5. The predicted octanol–water partition coefficient (Wildman–Crippen LogP) is 2.94. The molecule has 1 N–H and O–H groups in total. The number of benzene rings is 1. The fourth-order valence-corrected chi connectivity index (χ4v) is 3.06. The highest BCUT2D eigenvalue weighted by atomic mass is 79.9. The molecule has 1 amide bonds. The number of ether oxygens (including phenoxy) is 3. The van der Waals surface area contributed by atoms with E-state index in [1.54, 1.807) is 6.07 Å². The number of halogens is 1. The molecule has 0 atom stereocenters. The van der Waals surface area contributed by atoms with E-state index in [1.165, 1.54) is 21.3 Å². The first-order valence-corrected chi connectivity index (χ1v) is 8.82. The maximum atomic E-state index is 12.5. The Bertz CT molecular complexity index is 548. The third-order valence-corrected chi connectivity index (χ3v) is 4.63. The fourth-order valence-electron chi connectivity index (χ4n) is 2.43. The van der Waals surface area contributed by atoms with Crippen LogP contribution in [-0.2, 0) is 0 Å². The molecule has 0 radical (unpaired) electrons. The fraction of sp³-hybridized carbons (Fsp3) is 0.588. The van der Waals surface area contributed by atoms with Gasteiger partial charge in [0.15, 0.2) is 11.5 Å². The van der Waals surface area contributed by atoms with Gasteiger partial charge in [0.25, 0.3) is 5.91 Å². The van der Waals surface area contributed by atoms with E-state index in [0.29, 0.717) is 33.8 Å². The highest BCUT2D eigenvalue weighted by Crippen LogP contribution is 2.44. The van der Waals surface area contributed by atoms with Gasteiger partial charge in [-0.05, 0) is 48.1 Å². The van der Waals surface area contributed by atoms with Gasteiger partial charge in [-0.3, -0.25) is 4.79 Å². The minimum Gasteiger partial charge on any atom is -0.493 e. The monoisotopic (exact) mass is 402 g/mol. The predicted molar refractivity (Wildman–Crippen MR) is 98.5 cm³/mol. The van der Waals surface area contributed by atoms with Crippen molar-refractivity contribution in [2.75, 3.05) is 47.5 Å². The van der Waals surface area contributed by atoms with Gasteiger partial charge in [-0.25, -0.2) is 0 Å². The van der Waals surface area contributed by atoms with E-state index in [-0.39, 0.29) is 5.91 Å². The Morgan fingerprint density at radius 1 is 1.12 bits per heavy atom. The van der Waals surface area contributed by atoms with Crippen LogP contribution in [0.5, 0.6) is 17.2 Å². The smallest absolute Gasteiger partial charge is 0.252 e. The first kappa shape index (κ1) is 20.6. The Balaban J connectivity index is 2.83. The summed E-state index contributed by atoms with van der Waals surface area (Å²) in [6.45, 7) is 7.87. The van der Waals surface area contributed by atoms with Crippen molar-refractivity contribution in [1.29, 1.82) is 0 Å². The first-order valence-electron chi connectivity index (χ1n) is 8.02. The molecule has 0 aliphatic heterocycles. The summed E-state index contributed by atoms with van der Waals surface area (Å²) in [6.07, 6.45) is 0.898. The van der Waals surface area contributed by atoms with Crippen molar-refractivity contribution in [3.05, 3.63) is 16.1 Å². The number of hydrogen-bond donors (Lipinski definition) is 1. The Morgan fingerprint density at radius 2 is 1.75 bits per heavy atom. The molecule has 0 bridgehead atoms. The standard InChI is InChI=1S/C17H27BrN2O4/c1-6-20(7-2)10-8-9-19-17(21)12-11-13(22-3)15(23-4)16(24-5)14(12)18/h11H,6-10H2,1-5H3,(H,19,21). The molecule has 7 heteroatoms. The van der Waals surface area contributed by atoms with Crippen LogP contribution in [0.2, 0.25) is 0 Å². The summed E-state index contributed by atoms with van der Waals surface area (Å²) in [7, 11) is 4.57. The highest BCUT2D eigenvalue weighted by Gasteiger charge is 2.22. The van der Waals surface area contributed by atoms with Crippen LogP contribution in [0.3, 0.4) is 0 Å². The average molecular weight is 403 g/mol. The Morgan fingerprint density at radius 3 is 2.25 bits per heavy atom. The van der Waals surface area contributed by atoms with Gasteiger partial charge in [0.1, 0.15) is 0 Å². The number of nitrogens with zero attached hydrogens (tertiary/aromatic N) is 1. The SMILES string of the molecule is CCN(CC)CCCNC(=O)c1cc(OC)c(OC)c(OC)c1Br. The molecule has 0 aliphatic carbocycles. The van der Waals surface area contributed by atoms with Crippen molar-refractivity contribution in [2.24, 2.45) is 0 Å². The van der Waals surface area contributed by atoms with Crippen LogP contribution in [0.4, 0.5) is 0 Å². The Hall–Kier alpha value is -1.47. The van der Waals surface area contributed by atoms with E-state index in [9.17, 15) is 4.79 Å². The van der Waals surface area contributed by atoms with Crippen LogP contribution >= 0.6 is 15.9 Å². The molecule has 1 rings (SSSR count). The molecule has 24 heavy (non-hydrogen) atoms. The van der Waals surface area contributed by atoms with Gasteiger partial charge in [0.2, 0.25) is 5.75 Å². The van der Waals surface area contributed by atoms with E-state index in [4.69, 9.17) is 14.2 Å². The summed E-state index contributed by atoms with van der Waals surface area (Å²) in [5.41, 5.74) is 0.451. The lowest BCUT2D eigenvalue weighted by Gasteiger charge is -2.18. The molecule has 136 valence electrons. The molecule has 1 aromatic carbocycles. The molecule has 0 saturated heterocycles. The Labute approximate surface area is 152 Å². The van der Waals surface area contributed by atoms with Crippen LogP contribution < -0.4 is 19.5 Å². The summed E-state index contributed by atoms with van der Waals surface area (Å²) in [4.78, 5) is 14.8. The molecular formula is C17H27BrN2O4. The minimum absolute atomic E-state index is 0.180. The number of amides is 1. The summed E-state index contributed by atoms with van der Waals surface area (Å²) in [5, 5.41) is 2.94. The zero-order chi connectivity index (χ0) is 18.1. The molecule has 0 saturated carbocycles. The van der Waals surface area contributed by atoms with Gasteiger partial charge in [0, 0.05) is 6.54 Å². The molecule has 6 nitrogen and oxygen atoms in total. The van der Waals surface area contributed by atoms with Gasteiger partial charge in [-0.2, -0.15) is 0 Å². The number of carbonyl (C=O) groups excluding carboxylic acids is 1. The molecule has 0 heterocycles. The van der Waals surface area contributed by atoms with Crippen molar-refractivity contribution in [3.63, 3.8) is 0 Å². The topological polar surface area (TPSA) is 60.0 Å². The quantitative estimate of drug-likeness (QED) is 0.609. The van der Waals surface area contributed by atoms with E-state index < -0.39 is 0 Å². The normalized spacial score (nSPS) is 10.6. The maximum absolute atomic E-state index is 12.5. The number of rotatable bonds is 10. The molecule has 1 aromatic rings. The molecule has 0 fully saturated rings. The van der Waals surface area contributed by atoms with Crippen LogP contribution in [0, 0.1) is 0 Å². The average Bonchev–Trinajstić information content (AvgIpc) is 2.60. The van der Waals surface area contributed by atoms with Crippen LogP contribution in [0.1, 0.15) is 30.6 Å². The molecular weight excluding hydrogens is 376 g/mol. The molecule has 0 aromatic heterocycles. The van der Waals surface area contributed by atoms with Crippen LogP contribution in [0.25, 0.3) is 0 Å². The third-order valence-electron chi connectivity index (χ3n) is 3.85. The minimum atomic E-state index is -0.180. The van der Waals surface area contributed by atoms with Crippen molar-refractivity contribution >= 4 is 21.8 Å². The number of nitrogens with one attached hydrogen (secondary N) is 1. The van der Waals surface area contributed by atoms with E-state index in [2.05, 4.69) is 40.0 Å². The maximum Gasteiger partial charge on any atom is 0.252 e. The summed E-state index contributed by atoms with van der Waals surface area (Å²) in [6, 6.07) is 1.64. The summed E-state index contributed by atoms with van der Waals surface area (Å²) < 4.78 is 16.5. The lowest BCUT2D eigenvalue weighted by atomic mass is 10.1. The number of hydrogen-bond acceptors (Lipinski definition) is 5. The van der Waals surface area contributed by atoms with E-state index in [1.807, 2.05) is 0 Å². The lowest BCUT2D eigenvalue weighted by Crippen LogP contribution is -2.30. The summed E-state index contributed by atoms with van der Waals surface area (Å²) in [5.74, 6) is 1.15. The van der Waals surface area contributed by atoms with Crippen LogP contribution in [0.15, 0.2) is 10.5 Å². The zero-order valence-corrected chi connectivity index (χ0v) is 16.7. The highest BCUT2D eigenvalue weighted by molar-refractivity contribution is 9.10. The van der Waals surface area contributed by atoms with Crippen molar-refractivity contribution < 1.29 is 19.0 Å². The second-order valence-electron chi connectivity index (χ2n) is 5.14. The van der Waals surface area contributed by atoms with Gasteiger partial charge in [-0.15, -0.1) is 0 Å². The van der Waals surface area contributed by atoms with Crippen molar-refractivity contribution in [2.45, 2.75) is 20.3 Å².